The monoisotopic (exact) mass is 272 g/mol. The van der Waals surface area contributed by atoms with Crippen LogP contribution < -0.4 is 10.6 Å². The number of benzene rings is 2. The molecule has 0 saturated carbocycles. The normalized spacial score (nSPS) is 10.4. The standard InChI is InChI=1S/C16H17FN2O/c1-10-8-11(2)14(18)9-12(10)16(20)19(3)15-7-5-4-6-13(15)17/h4-9H,18H2,1-3H3. The van der Waals surface area contributed by atoms with E-state index < -0.39 is 5.82 Å². The van der Waals surface area contributed by atoms with Gasteiger partial charge in [-0.05, 0) is 43.2 Å². The van der Waals surface area contributed by atoms with Crippen LogP contribution >= 0.6 is 0 Å². The molecule has 0 fully saturated rings. The van der Waals surface area contributed by atoms with Gasteiger partial charge in [-0.15, -0.1) is 0 Å². The molecule has 0 heterocycles. The van der Waals surface area contributed by atoms with Crippen LogP contribution in [0.3, 0.4) is 0 Å². The van der Waals surface area contributed by atoms with Gasteiger partial charge in [-0.1, -0.05) is 18.2 Å². The van der Waals surface area contributed by atoms with E-state index in [0.717, 1.165) is 11.1 Å². The first-order valence-corrected chi connectivity index (χ1v) is 6.31. The molecule has 4 heteroatoms. The SMILES string of the molecule is Cc1cc(C)c(C(=O)N(C)c2ccccc2F)cc1N. The third-order valence-electron chi connectivity index (χ3n) is 3.36. The minimum Gasteiger partial charge on any atom is -0.398 e. The predicted molar refractivity (Wildman–Crippen MR) is 79.5 cm³/mol. The quantitative estimate of drug-likeness (QED) is 0.853. The number of nitrogen functional groups attached to an aromatic ring is 1. The van der Waals surface area contributed by atoms with Gasteiger partial charge in [0.25, 0.3) is 5.91 Å². The summed E-state index contributed by atoms with van der Waals surface area (Å²) in [5.74, 6) is -0.708. The van der Waals surface area contributed by atoms with E-state index in [-0.39, 0.29) is 11.6 Å². The van der Waals surface area contributed by atoms with Gasteiger partial charge in [-0.3, -0.25) is 4.79 Å². The van der Waals surface area contributed by atoms with E-state index in [1.54, 1.807) is 31.3 Å². The summed E-state index contributed by atoms with van der Waals surface area (Å²) in [6, 6.07) is 9.68. The van der Waals surface area contributed by atoms with Crippen LogP contribution in [0.25, 0.3) is 0 Å². The molecule has 20 heavy (non-hydrogen) atoms. The van der Waals surface area contributed by atoms with Crippen LogP contribution in [-0.2, 0) is 0 Å². The zero-order chi connectivity index (χ0) is 14.9. The number of nitrogens with two attached hydrogens (primary N) is 1. The molecule has 0 saturated heterocycles. The summed E-state index contributed by atoms with van der Waals surface area (Å²) >= 11 is 0. The van der Waals surface area contributed by atoms with E-state index in [1.807, 2.05) is 19.9 Å². The average molecular weight is 272 g/mol. The van der Waals surface area contributed by atoms with Crippen LogP contribution in [0.4, 0.5) is 15.8 Å². The van der Waals surface area contributed by atoms with Crippen molar-refractivity contribution in [2.45, 2.75) is 13.8 Å². The Hall–Kier alpha value is -2.36. The van der Waals surface area contributed by atoms with Crippen molar-refractivity contribution in [1.82, 2.24) is 0 Å². The summed E-state index contributed by atoms with van der Waals surface area (Å²) in [4.78, 5) is 13.8. The zero-order valence-corrected chi connectivity index (χ0v) is 11.8. The van der Waals surface area contributed by atoms with Crippen LogP contribution in [0.15, 0.2) is 36.4 Å². The number of carbonyl (C=O) groups is 1. The molecule has 104 valence electrons. The first-order valence-electron chi connectivity index (χ1n) is 6.31. The summed E-state index contributed by atoms with van der Waals surface area (Å²) < 4.78 is 13.7. The molecule has 2 rings (SSSR count). The number of carbonyl (C=O) groups excluding carboxylic acids is 1. The highest BCUT2D eigenvalue weighted by Crippen LogP contribution is 2.23. The Kier molecular flexibility index (Phi) is 3.74. The molecule has 0 unspecified atom stereocenters. The summed E-state index contributed by atoms with van der Waals surface area (Å²) in [5.41, 5.74) is 8.89. The molecule has 0 aromatic heterocycles. The van der Waals surface area contributed by atoms with Crippen molar-refractivity contribution in [3.8, 4) is 0 Å². The average Bonchev–Trinajstić information content (AvgIpc) is 2.42. The minimum atomic E-state index is -0.430. The number of nitrogens with zero attached hydrogens (tertiary/aromatic N) is 1. The number of rotatable bonds is 2. The van der Waals surface area contributed by atoms with E-state index in [1.165, 1.54) is 11.0 Å². The number of para-hydroxylation sites is 1. The highest BCUT2D eigenvalue weighted by atomic mass is 19.1. The Bertz CT molecular complexity index is 668. The van der Waals surface area contributed by atoms with Crippen LogP contribution in [0.1, 0.15) is 21.5 Å². The number of halogens is 1. The smallest absolute Gasteiger partial charge is 0.258 e. The summed E-state index contributed by atoms with van der Waals surface area (Å²) in [5, 5.41) is 0. The third-order valence-corrected chi connectivity index (χ3v) is 3.36. The van der Waals surface area contributed by atoms with Crippen LogP contribution in [0.2, 0.25) is 0 Å². The lowest BCUT2D eigenvalue weighted by atomic mass is 10.0. The lowest BCUT2D eigenvalue weighted by molar-refractivity contribution is 0.0991. The molecule has 0 spiro atoms. The molecule has 0 atom stereocenters. The Morgan fingerprint density at radius 3 is 2.45 bits per heavy atom. The van der Waals surface area contributed by atoms with Gasteiger partial charge in [-0.25, -0.2) is 4.39 Å². The highest BCUT2D eigenvalue weighted by molar-refractivity contribution is 6.07. The lowest BCUT2D eigenvalue weighted by Crippen LogP contribution is -2.28. The second kappa shape index (κ2) is 5.33. The Labute approximate surface area is 117 Å². The van der Waals surface area contributed by atoms with Gasteiger partial charge >= 0.3 is 0 Å². The van der Waals surface area contributed by atoms with E-state index in [2.05, 4.69) is 0 Å². The van der Waals surface area contributed by atoms with Crippen molar-refractivity contribution in [2.75, 3.05) is 17.7 Å². The molecule has 2 aromatic rings. The second-order valence-corrected chi connectivity index (χ2v) is 4.84. The van der Waals surface area contributed by atoms with Crippen molar-refractivity contribution < 1.29 is 9.18 Å². The van der Waals surface area contributed by atoms with Gasteiger partial charge in [0.15, 0.2) is 0 Å². The fourth-order valence-corrected chi connectivity index (χ4v) is 2.11. The van der Waals surface area contributed by atoms with Crippen LogP contribution in [0.5, 0.6) is 0 Å². The van der Waals surface area contributed by atoms with Crippen molar-refractivity contribution in [3.05, 3.63) is 58.9 Å². The van der Waals surface area contributed by atoms with Gasteiger partial charge in [-0.2, -0.15) is 0 Å². The van der Waals surface area contributed by atoms with Gasteiger partial charge in [0.2, 0.25) is 0 Å². The molecule has 0 bridgehead atoms. The molecule has 2 aromatic carbocycles. The molecular formula is C16H17FN2O. The number of aryl methyl sites for hydroxylation is 2. The van der Waals surface area contributed by atoms with Crippen molar-refractivity contribution >= 4 is 17.3 Å². The molecule has 0 aliphatic carbocycles. The number of amides is 1. The first-order chi connectivity index (χ1) is 9.41. The number of anilines is 2. The second-order valence-electron chi connectivity index (χ2n) is 4.84. The lowest BCUT2D eigenvalue weighted by Gasteiger charge is -2.19. The van der Waals surface area contributed by atoms with Crippen LogP contribution in [0, 0.1) is 19.7 Å². The molecule has 0 aliphatic heterocycles. The summed E-state index contributed by atoms with van der Waals surface area (Å²) in [7, 11) is 1.55. The maximum absolute atomic E-state index is 13.7. The van der Waals surface area contributed by atoms with E-state index in [4.69, 9.17) is 5.73 Å². The zero-order valence-electron chi connectivity index (χ0n) is 11.8. The Morgan fingerprint density at radius 2 is 1.80 bits per heavy atom. The first kappa shape index (κ1) is 14.1. The van der Waals surface area contributed by atoms with Crippen molar-refractivity contribution in [1.29, 1.82) is 0 Å². The molecule has 2 N–H and O–H groups in total. The van der Waals surface area contributed by atoms with Gasteiger partial charge in [0, 0.05) is 18.3 Å². The molecule has 0 radical (unpaired) electrons. The van der Waals surface area contributed by atoms with E-state index >= 15 is 0 Å². The maximum Gasteiger partial charge on any atom is 0.258 e. The fourth-order valence-electron chi connectivity index (χ4n) is 2.11. The molecule has 3 nitrogen and oxygen atoms in total. The van der Waals surface area contributed by atoms with Crippen LogP contribution in [-0.4, -0.2) is 13.0 Å². The van der Waals surface area contributed by atoms with Gasteiger partial charge < -0.3 is 10.6 Å². The van der Waals surface area contributed by atoms with E-state index in [0.29, 0.717) is 11.3 Å². The topological polar surface area (TPSA) is 46.3 Å². The van der Waals surface area contributed by atoms with Crippen molar-refractivity contribution in [3.63, 3.8) is 0 Å². The largest absolute Gasteiger partial charge is 0.398 e. The molecular weight excluding hydrogens is 255 g/mol. The van der Waals surface area contributed by atoms with Gasteiger partial charge in [0.05, 0.1) is 5.69 Å². The minimum absolute atomic E-state index is 0.246. The van der Waals surface area contributed by atoms with Gasteiger partial charge in [0.1, 0.15) is 5.82 Å². The maximum atomic E-state index is 13.7. The third kappa shape index (κ3) is 2.50. The Balaban J connectivity index is 2.42. The molecule has 1 amide bonds. The summed E-state index contributed by atoms with van der Waals surface area (Å²) in [6.45, 7) is 3.73. The Morgan fingerprint density at radius 1 is 1.15 bits per heavy atom. The van der Waals surface area contributed by atoms with Crippen molar-refractivity contribution in [2.24, 2.45) is 0 Å². The number of hydrogen-bond donors (Lipinski definition) is 1. The molecule has 0 aliphatic rings. The predicted octanol–water partition coefficient (Wildman–Crippen LogP) is 3.30. The highest BCUT2D eigenvalue weighted by Gasteiger charge is 2.18. The van der Waals surface area contributed by atoms with E-state index in [9.17, 15) is 9.18 Å². The number of hydrogen-bond acceptors (Lipinski definition) is 2. The summed E-state index contributed by atoms with van der Waals surface area (Å²) in [6.07, 6.45) is 0. The fraction of sp³-hybridized carbons (Fsp3) is 0.188.